The van der Waals surface area contributed by atoms with E-state index in [1.165, 1.54) is 51.4 Å². The minimum absolute atomic E-state index is 0.00703. The van der Waals surface area contributed by atoms with Gasteiger partial charge in [-0.1, -0.05) is 83.7 Å². The summed E-state index contributed by atoms with van der Waals surface area (Å²) in [6.45, 7) is 15.1. The molecule has 4 aliphatic carbocycles. The number of fused-ring (bicyclic) bond motifs is 6. The third-order valence-corrected chi connectivity index (χ3v) is 14.0. The number of hydrogen-bond acceptors (Lipinski definition) is 2. The van der Waals surface area contributed by atoms with Gasteiger partial charge in [0.25, 0.3) is 0 Å². The highest BCUT2D eigenvalue weighted by Gasteiger charge is 2.59. The number of carbonyl (C=O) groups is 1. The Morgan fingerprint density at radius 1 is 1.07 bits per heavy atom. The summed E-state index contributed by atoms with van der Waals surface area (Å²) in [5.74, 6) is 5.77. The number of ether oxygens (including phenoxy) is 1. The average Bonchev–Trinajstić information content (AvgIpc) is 3.54. The van der Waals surface area contributed by atoms with Crippen molar-refractivity contribution < 1.29 is 9.53 Å². The average molecular weight is 606 g/mol. The molecule has 0 amide bonds. The van der Waals surface area contributed by atoms with Crippen LogP contribution in [0.1, 0.15) is 118 Å². The number of aromatic amines is 1. The van der Waals surface area contributed by atoms with E-state index in [2.05, 4.69) is 52.6 Å². The minimum Gasteiger partial charge on any atom is -0.462 e. The highest BCUT2D eigenvalue weighted by atomic mass is 35.5. The molecule has 3 nitrogen and oxygen atoms in total. The number of carbonyl (C=O) groups excluding carboxylic acids is 1. The number of halogens is 1. The van der Waals surface area contributed by atoms with Crippen molar-refractivity contribution in [1.82, 2.24) is 4.98 Å². The quantitative estimate of drug-likeness (QED) is 0.228. The molecule has 236 valence electrons. The standard InChI is InChI=1S/C39H56ClNO2/c1-7-26(24(2)3)12-11-25(4)31-15-16-32-30-14-13-28-22-29(17-19-38(28,5)33(30)18-20-39(31,32)6)43-36(42)21-27-23-41-35-10-8-9-34(40)37(27)35/h8-10,13,23-26,29-33,41H,7,11-12,14-22H2,1-6H3/t25-,26-,29+,30+,31-,32+,33+,38+,39-/m1/s1. The molecule has 3 fully saturated rings. The lowest BCUT2D eigenvalue weighted by Gasteiger charge is -2.58. The molecule has 1 aromatic heterocycles. The summed E-state index contributed by atoms with van der Waals surface area (Å²) in [4.78, 5) is 16.3. The third-order valence-electron chi connectivity index (χ3n) is 13.6. The summed E-state index contributed by atoms with van der Waals surface area (Å²) in [7, 11) is 0. The van der Waals surface area contributed by atoms with Gasteiger partial charge in [0, 0.05) is 23.5 Å². The highest BCUT2D eigenvalue weighted by Crippen LogP contribution is 2.67. The molecule has 0 radical (unpaired) electrons. The van der Waals surface area contributed by atoms with Crippen molar-refractivity contribution in [2.45, 2.75) is 125 Å². The fourth-order valence-corrected chi connectivity index (χ4v) is 11.4. The number of benzene rings is 1. The molecule has 0 spiro atoms. The molecule has 43 heavy (non-hydrogen) atoms. The zero-order valence-corrected chi connectivity index (χ0v) is 28.4. The predicted molar refractivity (Wildman–Crippen MR) is 179 cm³/mol. The maximum Gasteiger partial charge on any atom is 0.310 e. The van der Waals surface area contributed by atoms with E-state index >= 15 is 0 Å². The molecule has 9 atom stereocenters. The molecular formula is C39H56ClNO2. The fraction of sp³-hybridized carbons (Fsp3) is 0.718. The monoisotopic (exact) mass is 605 g/mol. The molecule has 1 N–H and O–H groups in total. The van der Waals surface area contributed by atoms with Gasteiger partial charge in [-0.25, -0.2) is 0 Å². The Bertz CT molecular complexity index is 1340. The maximum atomic E-state index is 13.1. The van der Waals surface area contributed by atoms with Crippen molar-refractivity contribution in [2.75, 3.05) is 0 Å². The van der Waals surface area contributed by atoms with Crippen LogP contribution in [0.2, 0.25) is 5.02 Å². The summed E-state index contributed by atoms with van der Waals surface area (Å²) in [5.41, 5.74) is 4.25. The van der Waals surface area contributed by atoms with Gasteiger partial charge in [0.1, 0.15) is 6.10 Å². The summed E-state index contributed by atoms with van der Waals surface area (Å²) in [6.07, 6.45) is 18.8. The number of H-pyrrole nitrogens is 1. The van der Waals surface area contributed by atoms with Crippen molar-refractivity contribution in [2.24, 2.45) is 52.3 Å². The Kier molecular flexibility index (Phi) is 8.88. The zero-order chi connectivity index (χ0) is 30.5. The number of allylic oxidation sites excluding steroid dienone is 1. The SMILES string of the molecule is CC[C@H](CC[C@@H](C)[C@H]1CC[C@H]2[C@@H]3CC=C4C[C@@H](OC(=O)Cc5c[nH]c6cccc(Cl)c56)CC[C@]4(C)[C@H]3CC[C@]12C)C(C)C. The molecule has 2 aromatic rings. The predicted octanol–water partition coefficient (Wildman–Crippen LogP) is 11.0. The van der Waals surface area contributed by atoms with E-state index < -0.39 is 0 Å². The van der Waals surface area contributed by atoms with Gasteiger partial charge in [-0.05, 0) is 121 Å². The van der Waals surface area contributed by atoms with E-state index in [4.69, 9.17) is 16.3 Å². The van der Waals surface area contributed by atoms with Gasteiger partial charge in [0.15, 0.2) is 0 Å². The molecule has 4 aliphatic rings. The first-order chi connectivity index (χ1) is 20.5. The Morgan fingerprint density at radius 3 is 2.65 bits per heavy atom. The van der Waals surface area contributed by atoms with Crippen LogP contribution in [0.15, 0.2) is 36.0 Å². The third kappa shape index (κ3) is 5.64. The fourth-order valence-electron chi connectivity index (χ4n) is 11.1. The second-order valence-corrected chi connectivity index (χ2v) is 16.4. The van der Waals surface area contributed by atoms with Gasteiger partial charge in [-0.2, -0.15) is 0 Å². The van der Waals surface area contributed by atoms with E-state index in [-0.39, 0.29) is 23.9 Å². The van der Waals surface area contributed by atoms with E-state index in [9.17, 15) is 4.79 Å². The lowest BCUT2D eigenvalue weighted by Crippen LogP contribution is -2.51. The molecule has 0 unspecified atom stereocenters. The van der Waals surface area contributed by atoms with Crippen molar-refractivity contribution >= 4 is 28.5 Å². The van der Waals surface area contributed by atoms with Crippen LogP contribution in [0.25, 0.3) is 10.9 Å². The number of aromatic nitrogens is 1. The summed E-state index contributed by atoms with van der Waals surface area (Å²) in [6, 6.07) is 5.81. The van der Waals surface area contributed by atoms with Gasteiger partial charge >= 0.3 is 5.97 Å². The van der Waals surface area contributed by atoms with E-state index in [1.54, 1.807) is 5.57 Å². The summed E-state index contributed by atoms with van der Waals surface area (Å²) in [5, 5.41) is 1.62. The molecule has 1 aromatic carbocycles. The minimum atomic E-state index is -0.137. The number of rotatable bonds is 9. The Balaban J connectivity index is 1.09. The number of hydrogen-bond donors (Lipinski definition) is 1. The summed E-state index contributed by atoms with van der Waals surface area (Å²) < 4.78 is 6.13. The molecule has 3 saturated carbocycles. The maximum absolute atomic E-state index is 13.1. The Labute approximate surface area is 266 Å². The first-order valence-electron chi connectivity index (χ1n) is 17.7. The second kappa shape index (κ2) is 12.2. The molecule has 4 heteroatoms. The van der Waals surface area contributed by atoms with Crippen LogP contribution in [-0.4, -0.2) is 17.1 Å². The van der Waals surface area contributed by atoms with Gasteiger partial charge in [0.05, 0.1) is 11.4 Å². The smallest absolute Gasteiger partial charge is 0.310 e. The van der Waals surface area contributed by atoms with Gasteiger partial charge in [-0.3, -0.25) is 4.79 Å². The van der Waals surface area contributed by atoms with E-state index in [0.29, 0.717) is 10.4 Å². The van der Waals surface area contributed by atoms with Gasteiger partial charge in [-0.15, -0.1) is 0 Å². The van der Waals surface area contributed by atoms with Crippen LogP contribution < -0.4 is 0 Å². The van der Waals surface area contributed by atoms with Crippen LogP contribution >= 0.6 is 11.6 Å². The number of nitrogens with one attached hydrogen (secondary N) is 1. The molecular weight excluding hydrogens is 550 g/mol. The van der Waals surface area contributed by atoms with E-state index in [1.807, 2.05) is 24.4 Å². The molecule has 0 aliphatic heterocycles. The summed E-state index contributed by atoms with van der Waals surface area (Å²) >= 11 is 6.45. The van der Waals surface area contributed by atoms with Crippen LogP contribution in [0.5, 0.6) is 0 Å². The van der Waals surface area contributed by atoms with Crippen LogP contribution in [-0.2, 0) is 16.0 Å². The highest BCUT2D eigenvalue weighted by molar-refractivity contribution is 6.35. The van der Waals surface area contributed by atoms with Crippen molar-refractivity contribution in [3.05, 3.63) is 46.6 Å². The van der Waals surface area contributed by atoms with Crippen LogP contribution in [0.4, 0.5) is 0 Å². The molecule has 0 saturated heterocycles. The van der Waals surface area contributed by atoms with Crippen molar-refractivity contribution in [1.29, 1.82) is 0 Å². The van der Waals surface area contributed by atoms with Crippen molar-refractivity contribution in [3.63, 3.8) is 0 Å². The Hall–Kier alpha value is -1.74. The lowest BCUT2D eigenvalue weighted by atomic mass is 9.47. The number of esters is 1. The molecule has 1 heterocycles. The largest absolute Gasteiger partial charge is 0.462 e. The topological polar surface area (TPSA) is 42.1 Å². The van der Waals surface area contributed by atoms with E-state index in [0.717, 1.165) is 77.2 Å². The molecule has 0 bridgehead atoms. The Morgan fingerprint density at radius 2 is 1.88 bits per heavy atom. The molecule has 6 rings (SSSR count). The first-order valence-corrected chi connectivity index (χ1v) is 18.1. The second-order valence-electron chi connectivity index (χ2n) is 16.0. The zero-order valence-electron chi connectivity index (χ0n) is 27.7. The van der Waals surface area contributed by atoms with Crippen LogP contribution in [0.3, 0.4) is 0 Å². The normalized spacial score (nSPS) is 35.2. The van der Waals surface area contributed by atoms with Gasteiger partial charge < -0.3 is 9.72 Å². The van der Waals surface area contributed by atoms with Gasteiger partial charge in [0.2, 0.25) is 0 Å². The van der Waals surface area contributed by atoms with Crippen molar-refractivity contribution in [3.8, 4) is 0 Å². The first kappa shape index (κ1) is 31.3. The lowest BCUT2D eigenvalue weighted by molar-refractivity contribution is -0.150. The van der Waals surface area contributed by atoms with Crippen LogP contribution in [0, 0.1) is 52.3 Å².